The minimum absolute atomic E-state index is 0.128. The predicted octanol–water partition coefficient (Wildman–Crippen LogP) is 4.92. The molecule has 16 heavy (non-hydrogen) atoms. The van der Waals surface area contributed by atoms with Gasteiger partial charge in [-0.05, 0) is 28.9 Å². The van der Waals surface area contributed by atoms with Crippen molar-refractivity contribution in [2.45, 2.75) is 12.3 Å². The van der Waals surface area contributed by atoms with Gasteiger partial charge in [0.15, 0.2) is 0 Å². The third-order valence-corrected chi connectivity index (χ3v) is 4.73. The van der Waals surface area contributed by atoms with E-state index in [-0.39, 0.29) is 5.38 Å². The maximum Gasteiger partial charge on any atom is 0.149 e. The maximum absolute atomic E-state index is 6.18. The van der Waals surface area contributed by atoms with E-state index < -0.39 is 0 Å². The van der Waals surface area contributed by atoms with Crippen LogP contribution in [-0.4, -0.2) is 10.2 Å². The molecule has 0 saturated heterocycles. The Morgan fingerprint density at radius 3 is 2.75 bits per heavy atom. The average Bonchev–Trinajstić information content (AvgIpc) is 2.71. The van der Waals surface area contributed by atoms with Crippen LogP contribution in [0.2, 0.25) is 5.02 Å². The summed E-state index contributed by atoms with van der Waals surface area (Å²) in [6, 6.07) is 5.71. The Kier molecular flexibility index (Phi) is 3.85. The largest absolute Gasteiger partial charge is 0.149 e. The minimum atomic E-state index is -0.128. The van der Waals surface area contributed by atoms with Crippen molar-refractivity contribution in [3.8, 4) is 10.6 Å². The summed E-state index contributed by atoms with van der Waals surface area (Å²) in [4.78, 5) is 0. The topological polar surface area (TPSA) is 25.8 Å². The van der Waals surface area contributed by atoms with Gasteiger partial charge in [0.25, 0.3) is 0 Å². The van der Waals surface area contributed by atoms with E-state index in [1.54, 1.807) is 0 Å². The van der Waals surface area contributed by atoms with Gasteiger partial charge < -0.3 is 0 Å². The lowest BCUT2D eigenvalue weighted by atomic mass is 10.2. The zero-order chi connectivity index (χ0) is 11.7. The fraction of sp³-hybridized carbons (Fsp3) is 0.200. The summed E-state index contributed by atoms with van der Waals surface area (Å²) in [5.74, 6) is 0. The minimum Gasteiger partial charge on any atom is -0.142 e. The van der Waals surface area contributed by atoms with Crippen molar-refractivity contribution in [3.05, 3.63) is 32.7 Å². The highest BCUT2D eigenvalue weighted by Gasteiger charge is 2.14. The zero-order valence-electron chi connectivity index (χ0n) is 8.25. The number of hydrogen-bond acceptors (Lipinski definition) is 3. The van der Waals surface area contributed by atoms with E-state index in [0.717, 1.165) is 20.1 Å². The van der Waals surface area contributed by atoms with E-state index in [1.165, 1.54) is 11.3 Å². The van der Waals surface area contributed by atoms with Crippen LogP contribution >= 0.6 is 50.5 Å². The summed E-state index contributed by atoms with van der Waals surface area (Å²) >= 11 is 17.0. The molecule has 0 N–H and O–H groups in total. The SMILES string of the molecule is CC(Cl)c1nnc(-c2cccc(Br)c2Cl)s1. The molecule has 0 fully saturated rings. The van der Waals surface area contributed by atoms with Crippen molar-refractivity contribution < 1.29 is 0 Å². The molecule has 6 heteroatoms. The number of aromatic nitrogens is 2. The third-order valence-electron chi connectivity index (χ3n) is 1.96. The molecule has 0 aliphatic carbocycles. The molecule has 0 radical (unpaired) electrons. The van der Waals surface area contributed by atoms with E-state index in [0.29, 0.717) is 5.02 Å². The summed E-state index contributed by atoms with van der Waals surface area (Å²) in [5, 5.41) is 10.2. The summed E-state index contributed by atoms with van der Waals surface area (Å²) in [6.45, 7) is 1.87. The van der Waals surface area contributed by atoms with E-state index >= 15 is 0 Å². The van der Waals surface area contributed by atoms with E-state index in [2.05, 4.69) is 26.1 Å². The van der Waals surface area contributed by atoms with Crippen LogP contribution in [0, 0.1) is 0 Å². The van der Waals surface area contributed by atoms with Crippen molar-refractivity contribution in [3.63, 3.8) is 0 Å². The second-order valence-corrected chi connectivity index (χ2v) is 6.06. The second-order valence-electron chi connectivity index (χ2n) is 3.16. The Morgan fingerprint density at radius 2 is 2.12 bits per heavy atom. The Morgan fingerprint density at radius 1 is 1.38 bits per heavy atom. The molecule has 1 atom stereocenters. The van der Waals surface area contributed by atoms with E-state index in [9.17, 15) is 0 Å². The van der Waals surface area contributed by atoms with Gasteiger partial charge in [-0.3, -0.25) is 0 Å². The summed E-state index contributed by atoms with van der Waals surface area (Å²) < 4.78 is 0.849. The number of hydrogen-bond donors (Lipinski definition) is 0. The van der Waals surface area contributed by atoms with Gasteiger partial charge in [0.2, 0.25) is 0 Å². The molecule has 0 saturated carbocycles. The Hall–Kier alpha value is -0.160. The molecule has 0 amide bonds. The molecule has 1 heterocycles. The lowest BCUT2D eigenvalue weighted by Gasteiger charge is -2.00. The van der Waals surface area contributed by atoms with Gasteiger partial charge in [0.1, 0.15) is 10.0 Å². The molecule has 1 aromatic carbocycles. The molecule has 2 nitrogen and oxygen atoms in total. The van der Waals surface area contributed by atoms with Gasteiger partial charge in [-0.15, -0.1) is 21.8 Å². The van der Waals surface area contributed by atoms with Crippen LogP contribution in [0.1, 0.15) is 17.3 Å². The van der Waals surface area contributed by atoms with Gasteiger partial charge in [-0.1, -0.05) is 35.1 Å². The van der Waals surface area contributed by atoms with Crippen molar-refractivity contribution in [2.24, 2.45) is 0 Å². The summed E-state index contributed by atoms with van der Waals surface area (Å²) in [5.41, 5.74) is 0.872. The van der Waals surface area contributed by atoms with Gasteiger partial charge in [0.05, 0.1) is 10.4 Å². The zero-order valence-corrected chi connectivity index (χ0v) is 12.2. The van der Waals surface area contributed by atoms with Gasteiger partial charge in [-0.2, -0.15) is 0 Å². The highest BCUT2D eigenvalue weighted by atomic mass is 79.9. The van der Waals surface area contributed by atoms with Crippen LogP contribution in [0.3, 0.4) is 0 Å². The molecule has 84 valence electrons. The van der Waals surface area contributed by atoms with Crippen molar-refractivity contribution in [2.75, 3.05) is 0 Å². The standard InChI is InChI=1S/C10H7BrCl2N2S/c1-5(12)9-14-15-10(16-9)6-3-2-4-7(11)8(6)13/h2-5H,1H3. The van der Waals surface area contributed by atoms with E-state index in [1.807, 2.05) is 25.1 Å². The van der Waals surface area contributed by atoms with Crippen LogP contribution in [-0.2, 0) is 0 Å². The smallest absolute Gasteiger partial charge is 0.142 e. The number of alkyl halides is 1. The lowest BCUT2D eigenvalue weighted by Crippen LogP contribution is -1.81. The first kappa shape index (κ1) is 12.3. The maximum atomic E-state index is 6.18. The number of nitrogens with zero attached hydrogens (tertiary/aromatic N) is 2. The molecule has 0 bridgehead atoms. The van der Waals surface area contributed by atoms with Crippen molar-refractivity contribution >= 4 is 50.5 Å². The van der Waals surface area contributed by atoms with E-state index in [4.69, 9.17) is 23.2 Å². The lowest BCUT2D eigenvalue weighted by molar-refractivity contribution is 0.962. The van der Waals surface area contributed by atoms with Crippen LogP contribution in [0.4, 0.5) is 0 Å². The molecule has 2 rings (SSSR count). The number of halogens is 3. The van der Waals surface area contributed by atoms with Crippen LogP contribution in [0.5, 0.6) is 0 Å². The fourth-order valence-corrected chi connectivity index (χ4v) is 2.79. The summed E-state index contributed by atoms with van der Waals surface area (Å²) in [7, 11) is 0. The fourth-order valence-electron chi connectivity index (χ4n) is 1.17. The van der Waals surface area contributed by atoms with Crippen LogP contribution in [0.25, 0.3) is 10.6 Å². The van der Waals surface area contributed by atoms with Gasteiger partial charge in [0, 0.05) is 10.0 Å². The first-order valence-corrected chi connectivity index (χ1v) is 6.94. The molecule has 1 aromatic heterocycles. The first-order chi connectivity index (χ1) is 7.59. The third kappa shape index (κ3) is 2.40. The highest BCUT2D eigenvalue weighted by Crippen LogP contribution is 2.36. The number of rotatable bonds is 2. The monoisotopic (exact) mass is 336 g/mol. The summed E-state index contributed by atoms with van der Waals surface area (Å²) in [6.07, 6.45) is 0. The predicted molar refractivity (Wildman–Crippen MR) is 72.3 cm³/mol. The second kappa shape index (κ2) is 5.00. The highest BCUT2D eigenvalue weighted by molar-refractivity contribution is 9.10. The molecule has 2 aromatic rings. The van der Waals surface area contributed by atoms with Crippen LogP contribution in [0.15, 0.2) is 22.7 Å². The molecule has 0 aliphatic heterocycles. The van der Waals surface area contributed by atoms with Crippen LogP contribution < -0.4 is 0 Å². The quantitative estimate of drug-likeness (QED) is 0.727. The van der Waals surface area contributed by atoms with Gasteiger partial charge in [-0.25, -0.2) is 0 Å². The molecular weight excluding hydrogens is 331 g/mol. The van der Waals surface area contributed by atoms with Crippen molar-refractivity contribution in [1.82, 2.24) is 10.2 Å². The normalized spacial score (nSPS) is 12.8. The molecule has 0 aliphatic rings. The van der Waals surface area contributed by atoms with Gasteiger partial charge >= 0.3 is 0 Å². The molecule has 0 spiro atoms. The number of benzene rings is 1. The molecular formula is C10H7BrCl2N2S. The Bertz CT molecular complexity index is 513. The first-order valence-electron chi connectivity index (χ1n) is 4.51. The van der Waals surface area contributed by atoms with Crippen molar-refractivity contribution in [1.29, 1.82) is 0 Å². The molecule has 1 unspecified atom stereocenters. The average molecular weight is 338 g/mol. The Balaban J connectivity index is 2.47. The Labute approximate surface area is 116 Å².